The summed E-state index contributed by atoms with van der Waals surface area (Å²) in [5, 5.41) is 20.0. The smallest absolute Gasteiger partial charge is 0.133 e. The topological polar surface area (TPSA) is 49.7 Å². The van der Waals surface area contributed by atoms with E-state index in [9.17, 15) is 10.2 Å². The third-order valence-corrected chi connectivity index (χ3v) is 5.75. The third kappa shape index (κ3) is 3.74. The molecule has 1 aliphatic carbocycles. The summed E-state index contributed by atoms with van der Waals surface area (Å²) in [7, 11) is 1.62. The van der Waals surface area contributed by atoms with Gasteiger partial charge in [-0.25, -0.2) is 0 Å². The van der Waals surface area contributed by atoms with Gasteiger partial charge in [0.25, 0.3) is 0 Å². The summed E-state index contributed by atoms with van der Waals surface area (Å²) in [6, 6.07) is 3.58. The maximum atomic E-state index is 10.3. The highest BCUT2D eigenvalue weighted by Crippen LogP contribution is 2.52. The van der Waals surface area contributed by atoms with Crippen LogP contribution in [0.2, 0.25) is 0 Å². The third-order valence-electron chi connectivity index (χ3n) is 5.13. The zero-order valence-corrected chi connectivity index (χ0v) is 16.0. The van der Waals surface area contributed by atoms with Gasteiger partial charge in [0.15, 0.2) is 0 Å². The van der Waals surface area contributed by atoms with E-state index >= 15 is 0 Å². The second kappa shape index (κ2) is 6.48. The van der Waals surface area contributed by atoms with Crippen LogP contribution in [0.15, 0.2) is 28.8 Å². The summed E-state index contributed by atoms with van der Waals surface area (Å²) in [6.45, 7) is 11.0. The number of halogens is 1. The number of hydrogen-bond acceptors (Lipinski definition) is 3. The lowest BCUT2D eigenvalue weighted by atomic mass is 9.56. The number of phenols is 1. The first-order chi connectivity index (χ1) is 10.6. The molecule has 3 nitrogen and oxygen atoms in total. The molecule has 0 heterocycles. The molecule has 1 saturated carbocycles. The van der Waals surface area contributed by atoms with Gasteiger partial charge in [0.1, 0.15) is 11.5 Å². The summed E-state index contributed by atoms with van der Waals surface area (Å²) < 4.78 is 6.09. The fourth-order valence-electron chi connectivity index (χ4n) is 4.17. The highest BCUT2D eigenvalue weighted by Gasteiger charge is 2.44. The molecule has 1 fully saturated rings. The number of aliphatic hydroxyl groups is 1. The first-order valence-corrected chi connectivity index (χ1v) is 8.75. The highest BCUT2D eigenvalue weighted by atomic mass is 79.9. The summed E-state index contributed by atoms with van der Waals surface area (Å²) >= 11 is 3.39. The number of aromatic hydroxyl groups is 1. The number of benzene rings is 1. The number of phenolic OH excluding ortho intramolecular Hbond substituents is 1. The molecule has 1 aromatic rings. The minimum absolute atomic E-state index is 0.0135. The van der Waals surface area contributed by atoms with Crippen LogP contribution < -0.4 is 4.74 Å². The Bertz CT molecular complexity index is 609. The Kier molecular flexibility index (Phi) is 5.17. The maximum absolute atomic E-state index is 10.3. The van der Waals surface area contributed by atoms with Crippen LogP contribution in [-0.2, 0) is 6.42 Å². The highest BCUT2D eigenvalue weighted by molar-refractivity contribution is 9.10. The Morgan fingerprint density at radius 3 is 2.52 bits per heavy atom. The molecule has 2 atom stereocenters. The molecule has 0 aromatic heterocycles. The zero-order chi connectivity index (χ0) is 17.4. The lowest BCUT2D eigenvalue weighted by Crippen LogP contribution is -2.41. The molecule has 2 N–H and O–H groups in total. The van der Waals surface area contributed by atoms with Gasteiger partial charge in [0.2, 0.25) is 0 Å². The van der Waals surface area contributed by atoms with Gasteiger partial charge in [0, 0.05) is 6.61 Å². The minimum Gasteiger partial charge on any atom is -0.508 e. The lowest BCUT2D eigenvalue weighted by Gasteiger charge is -2.48. The van der Waals surface area contributed by atoms with Crippen molar-refractivity contribution < 1.29 is 14.9 Å². The van der Waals surface area contributed by atoms with Gasteiger partial charge in [-0.1, -0.05) is 32.9 Å². The average Bonchev–Trinajstić information content (AvgIpc) is 2.44. The van der Waals surface area contributed by atoms with Gasteiger partial charge in [-0.15, -0.1) is 0 Å². The van der Waals surface area contributed by atoms with Crippen molar-refractivity contribution in [2.45, 2.75) is 40.0 Å². The van der Waals surface area contributed by atoms with E-state index < -0.39 is 0 Å². The number of aliphatic hydroxyl groups excluding tert-OH is 1. The Labute approximate surface area is 147 Å². The van der Waals surface area contributed by atoms with E-state index in [1.807, 2.05) is 6.07 Å². The Morgan fingerprint density at radius 2 is 2.00 bits per heavy atom. The molecule has 0 spiro atoms. The van der Waals surface area contributed by atoms with Crippen LogP contribution in [0.1, 0.15) is 39.2 Å². The predicted molar refractivity (Wildman–Crippen MR) is 96.9 cm³/mol. The van der Waals surface area contributed by atoms with Gasteiger partial charge >= 0.3 is 0 Å². The van der Waals surface area contributed by atoms with Crippen LogP contribution in [-0.4, -0.2) is 23.9 Å². The van der Waals surface area contributed by atoms with Crippen LogP contribution in [0.4, 0.5) is 0 Å². The van der Waals surface area contributed by atoms with Crippen molar-refractivity contribution in [3.05, 3.63) is 34.3 Å². The number of hydrogen-bond donors (Lipinski definition) is 2. The number of rotatable bonds is 4. The fourth-order valence-corrected chi connectivity index (χ4v) is 4.66. The minimum atomic E-state index is -0.101. The van der Waals surface area contributed by atoms with Gasteiger partial charge in [-0.05, 0) is 69.6 Å². The van der Waals surface area contributed by atoms with Crippen LogP contribution in [0, 0.1) is 16.7 Å². The SMILES string of the molecule is C=C1C[C@](C)(CO)CC(C)(C)[C@H]1Cc1cc(OC)c(Br)cc1O. The molecule has 0 aliphatic heterocycles. The fraction of sp³-hybridized carbons (Fsp3) is 0.579. The van der Waals surface area contributed by atoms with Gasteiger partial charge in [-0.3, -0.25) is 0 Å². The molecular weight excluding hydrogens is 356 g/mol. The van der Waals surface area contributed by atoms with Gasteiger partial charge < -0.3 is 14.9 Å². The molecule has 2 rings (SSSR count). The van der Waals surface area contributed by atoms with Crippen molar-refractivity contribution in [1.82, 2.24) is 0 Å². The molecule has 0 saturated heterocycles. The summed E-state index contributed by atoms with van der Waals surface area (Å²) in [5.74, 6) is 1.26. The molecule has 4 heteroatoms. The summed E-state index contributed by atoms with van der Waals surface area (Å²) in [4.78, 5) is 0. The van der Waals surface area contributed by atoms with Crippen LogP contribution in [0.3, 0.4) is 0 Å². The van der Waals surface area contributed by atoms with E-state index in [1.165, 1.54) is 0 Å². The average molecular weight is 383 g/mol. The summed E-state index contributed by atoms with van der Waals surface area (Å²) in [5.41, 5.74) is 1.94. The van der Waals surface area contributed by atoms with Crippen molar-refractivity contribution in [3.8, 4) is 11.5 Å². The van der Waals surface area contributed by atoms with Crippen molar-refractivity contribution in [2.75, 3.05) is 13.7 Å². The van der Waals surface area contributed by atoms with E-state index in [4.69, 9.17) is 4.74 Å². The van der Waals surface area contributed by atoms with Crippen LogP contribution in [0.5, 0.6) is 11.5 Å². The van der Waals surface area contributed by atoms with E-state index in [-0.39, 0.29) is 29.1 Å². The molecule has 128 valence electrons. The standard InChI is InChI=1S/C19H27BrO3/c1-12-9-19(4,11-21)10-18(2,3)14(12)6-13-7-17(23-5)15(20)8-16(13)22/h7-8,14,21-22H,1,6,9-11H2,2-5H3/t14-,19-/m0/s1. The molecule has 23 heavy (non-hydrogen) atoms. The molecule has 1 aliphatic rings. The molecule has 1 aromatic carbocycles. The van der Waals surface area contributed by atoms with E-state index in [0.29, 0.717) is 0 Å². The van der Waals surface area contributed by atoms with E-state index in [0.717, 1.165) is 40.6 Å². The van der Waals surface area contributed by atoms with Gasteiger partial charge in [0.05, 0.1) is 11.6 Å². The van der Waals surface area contributed by atoms with E-state index in [1.54, 1.807) is 13.2 Å². The number of ether oxygens (including phenoxy) is 1. The van der Waals surface area contributed by atoms with Gasteiger partial charge in [-0.2, -0.15) is 0 Å². The second-order valence-corrected chi connectivity index (χ2v) is 8.70. The van der Waals surface area contributed by atoms with Crippen molar-refractivity contribution in [2.24, 2.45) is 16.7 Å². The van der Waals surface area contributed by atoms with E-state index in [2.05, 4.69) is 43.3 Å². The quantitative estimate of drug-likeness (QED) is 0.742. The number of allylic oxidation sites excluding steroid dienone is 1. The zero-order valence-electron chi connectivity index (χ0n) is 14.4. The Balaban J connectivity index is 2.31. The normalized spacial score (nSPS) is 27.0. The second-order valence-electron chi connectivity index (χ2n) is 7.84. The molecule has 0 radical (unpaired) electrons. The van der Waals surface area contributed by atoms with Crippen molar-refractivity contribution in [3.63, 3.8) is 0 Å². The lowest BCUT2D eigenvalue weighted by molar-refractivity contribution is 0.0332. The Hall–Kier alpha value is -1.00. The van der Waals surface area contributed by atoms with Crippen molar-refractivity contribution >= 4 is 15.9 Å². The summed E-state index contributed by atoms with van der Waals surface area (Å²) in [6.07, 6.45) is 2.49. The first-order valence-electron chi connectivity index (χ1n) is 7.96. The first kappa shape index (κ1) is 18.3. The van der Waals surface area contributed by atoms with Crippen LogP contribution in [0.25, 0.3) is 0 Å². The largest absolute Gasteiger partial charge is 0.508 e. The number of methoxy groups -OCH3 is 1. The Morgan fingerprint density at radius 1 is 1.35 bits per heavy atom. The molecule has 0 bridgehead atoms. The monoisotopic (exact) mass is 382 g/mol. The van der Waals surface area contributed by atoms with Crippen LogP contribution >= 0.6 is 15.9 Å². The molecule has 0 unspecified atom stereocenters. The van der Waals surface area contributed by atoms with Crippen molar-refractivity contribution in [1.29, 1.82) is 0 Å². The molecule has 0 amide bonds. The maximum Gasteiger partial charge on any atom is 0.133 e. The molecular formula is C19H27BrO3. The predicted octanol–water partition coefficient (Wildman–Crippen LogP) is 4.70.